The Morgan fingerprint density at radius 1 is 1.03 bits per heavy atom. The first kappa shape index (κ1) is 23.5. The van der Waals surface area contributed by atoms with E-state index in [0.717, 1.165) is 0 Å². The summed E-state index contributed by atoms with van der Waals surface area (Å²) in [5.41, 5.74) is 6.35. The van der Waals surface area contributed by atoms with Gasteiger partial charge in [0.2, 0.25) is 5.91 Å². The number of para-hydroxylation sites is 1. The topological polar surface area (TPSA) is 100 Å². The average Bonchev–Trinajstić information content (AvgIpc) is 2.81. The summed E-state index contributed by atoms with van der Waals surface area (Å²) >= 11 is 5.94. The number of alkyl halides is 3. The summed E-state index contributed by atoms with van der Waals surface area (Å²) in [7, 11) is 0. The maximum atomic E-state index is 12.9. The summed E-state index contributed by atoms with van der Waals surface area (Å²) < 4.78 is 38.4. The maximum absolute atomic E-state index is 12.9. The molecule has 7 nitrogen and oxygen atoms in total. The van der Waals surface area contributed by atoms with Crippen molar-refractivity contribution in [3.05, 3.63) is 65.2 Å². The fourth-order valence-electron chi connectivity index (χ4n) is 3.71. The molecule has 0 bridgehead atoms. The van der Waals surface area contributed by atoms with E-state index >= 15 is 0 Å². The summed E-state index contributed by atoms with van der Waals surface area (Å²) in [5, 5.41) is 2.87. The van der Waals surface area contributed by atoms with Crippen LogP contribution in [0, 0.1) is 5.92 Å². The molecule has 0 aliphatic carbocycles. The standard InChI is InChI=1S/C23H18ClF3N4O3/c24-13-7-5-12(6-8-13)18-11-16(14-3-1-2-4-17(14)28-18)22(34)31-30-21(33)15-9-10-19(23(25,26)27)29-20(15)32/h1-8,11,15,19H,9-10H2,(H,29,32)(H,30,33)(H,31,34). The lowest BCUT2D eigenvalue weighted by Gasteiger charge is -2.29. The van der Waals surface area contributed by atoms with Gasteiger partial charge in [-0.1, -0.05) is 41.9 Å². The minimum Gasteiger partial charge on any atom is -0.344 e. The van der Waals surface area contributed by atoms with Crippen LogP contribution in [0.4, 0.5) is 13.2 Å². The van der Waals surface area contributed by atoms with Gasteiger partial charge < -0.3 is 5.32 Å². The number of carbonyl (C=O) groups is 3. The molecular weight excluding hydrogens is 473 g/mol. The van der Waals surface area contributed by atoms with Crippen LogP contribution in [0.2, 0.25) is 5.02 Å². The van der Waals surface area contributed by atoms with Gasteiger partial charge in [-0.3, -0.25) is 25.2 Å². The van der Waals surface area contributed by atoms with E-state index in [-0.39, 0.29) is 12.0 Å². The van der Waals surface area contributed by atoms with Crippen LogP contribution in [0.15, 0.2) is 54.6 Å². The molecule has 0 radical (unpaired) electrons. The van der Waals surface area contributed by atoms with E-state index in [1.165, 1.54) is 0 Å². The number of amides is 3. The van der Waals surface area contributed by atoms with E-state index in [4.69, 9.17) is 11.6 Å². The first-order valence-electron chi connectivity index (χ1n) is 10.3. The molecule has 0 spiro atoms. The molecule has 3 N–H and O–H groups in total. The van der Waals surface area contributed by atoms with E-state index in [9.17, 15) is 27.6 Å². The Morgan fingerprint density at radius 2 is 1.74 bits per heavy atom. The monoisotopic (exact) mass is 490 g/mol. The van der Waals surface area contributed by atoms with Crippen LogP contribution in [0.3, 0.4) is 0 Å². The number of hydrazine groups is 1. The van der Waals surface area contributed by atoms with Gasteiger partial charge in [-0.2, -0.15) is 13.2 Å². The molecule has 3 amide bonds. The number of piperidine rings is 1. The lowest BCUT2D eigenvalue weighted by molar-refractivity contribution is -0.171. The van der Waals surface area contributed by atoms with Crippen molar-refractivity contribution in [3.63, 3.8) is 0 Å². The number of hydrogen-bond acceptors (Lipinski definition) is 4. The molecule has 1 aromatic heterocycles. The van der Waals surface area contributed by atoms with Crippen molar-refractivity contribution in [1.82, 2.24) is 21.2 Å². The van der Waals surface area contributed by atoms with Gasteiger partial charge >= 0.3 is 6.18 Å². The Balaban J connectivity index is 1.51. The SMILES string of the molecule is O=C(NNC(=O)C1CCC(C(F)(F)F)NC1=O)c1cc(-c2ccc(Cl)cc2)nc2ccccc12. The largest absolute Gasteiger partial charge is 0.408 e. The Bertz CT molecular complexity index is 1260. The molecule has 11 heteroatoms. The van der Waals surface area contributed by atoms with Crippen molar-refractivity contribution in [2.75, 3.05) is 0 Å². The van der Waals surface area contributed by atoms with Gasteiger partial charge in [0.15, 0.2) is 0 Å². The third-order valence-corrected chi connectivity index (χ3v) is 5.74. The van der Waals surface area contributed by atoms with Gasteiger partial charge in [-0.15, -0.1) is 0 Å². The highest BCUT2D eigenvalue weighted by molar-refractivity contribution is 6.30. The minimum atomic E-state index is -4.59. The quantitative estimate of drug-likeness (QED) is 0.384. The number of carbonyl (C=O) groups excluding carboxylic acids is 3. The van der Waals surface area contributed by atoms with Gasteiger partial charge in [0.05, 0.1) is 16.8 Å². The average molecular weight is 491 g/mol. The molecule has 2 aromatic carbocycles. The number of benzene rings is 2. The summed E-state index contributed by atoms with van der Waals surface area (Å²) in [6.07, 6.45) is -5.31. The number of pyridine rings is 1. The highest BCUT2D eigenvalue weighted by Crippen LogP contribution is 2.29. The second-order valence-corrected chi connectivity index (χ2v) is 8.19. The molecule has 3 aromatic rings. The maximum Gasteiger partial charge on any atom is 0.408 e. The Labute approximate surface area is 196 Å². The Morgan fingerprint density at radius 3 is 2.41 bits per heavy atom. The zero-order valence-corrected chi connectivity index (χ0v) is 18.2. The van der Waals surface area contributed by atoms with Gasteiger partial charge in [0.1, 0.15) is 12.0 Å². The highest BCUT2D eigenvalue weighted by Gasteiger charge is 2.46. The number of nitrogens with one attached hydrogen (secondary N) is 3. The molecule has 0 saturated carbocycles. The predicted molar refractivity (Wildman–Crippen MR) is 119 cm³/mol. The van der Waals surface area contributed by atoms with Crippen LogP contribution in [-0.2, 0) is 9.59 Å². The van der Waals surface area contributed by atoms with Crippen LogP contribution in [-0.4, -0.2) is 34.9 Å². The van der Waals surface area contributed by atoms with Crippen molar-refractivity contribution < 1.29 is 27.6 Å². The molecule has 1 fully saturated rings. The van der Waals surface area contributed by atoms with E-state index in [1.807, 2.05) is 0 Å². The van der Waals surface area contributed by atoms with E-state index in [0.29, 0.717) is 27.2 Å². The number of hydrogen-bond donors (Lipinski definition) is 3. The third kappa shape index (κ3) is 4.96. The van der Waals surface area contributed by atoms with E-state index in [1.54, 1.807) is 59.9 Å². The first-order chi connectivity index (χ1) is 16.1. The van der Waals surface area contributed by atoms with Crippen LogP contribution in [0.25, 0.3) is 22.2 Å². The van der Waals surface area contributed by atoms with Gasteiger partial charge in [-0.25, -0.2) is 4.98 Å². The van der Waals surface area contributed by atoms with Crippen LogP contribution in [0.5, 0.6) is 0 Å². The minimum absolute atomic E-state index is 0.209. The van der Waals surface area contributed by atoms with Crippen LogP contribution < -0.4 is 16.2 Å². The first-order valence-corrected chi connectivity index (χ1v) is 10.6. The summed E-state index contributed by atoms with van der Waals surface area (Å²) in [6.45, 7) is 0. The Hall–Kier alpha value is -3.66. The molecular formula is C23H18ClF3N4O3. The molecule has 2 unspecified atom stereocenters. The van der Waals surface area contributed by atoms with Gasteiger partial charge in [0, 0.05) is 16.0 Å². The highest BCUT2D eigenvalue weighted by atomic mass is 35.5. The predicted octanol–water partition coefficient (Wildman–Crippen LogP) is 3.77. The summed E-state index contributed by atoms with van der Waals surface area (Å²) in [5.74, 6) is -3.97. The third-order valence-electron chi connectivity index (χ3n) is 5.49. The lowest BCUT2D eigenvalue weighted by atomic mass is 9.93. The molecule has 1 aliphatic rings. The second-order valence-electron chi connectivity index (χ2n) is 7.76. The molecule has 1 saturated heterocycles. The Kier molecular flexibility index (Phi) is 6.43. The van der Waals surface area contributed by atoms with Crippen molar-refractivity contribution in [2.45, 2.75) is 25.1 Å². The number of aromatic nitrogens is 1. The summed E-state index contributed by atoms with van der Waals surface area (Å²) in [4.78, 5) is 41.9. The van der Waals surface area contributed by atoms with Crippen molar-refractivity contribution in [1.29, 1.82) is 0 Å². The fraction of sp³-hybridized carbons (Fsp3) is 0.217. The van der Waals surface area contributed by atoms with Crippen molar-refractivity contribution in [2.24, 2.45) is 5.92 Å². The zero-order chi connectivity index (χ0) is 24.5. The summed E-state index contributed by atoms with van der Waals surface area (Å²) in [6, 6.07) is 13.3. The molecule has 2 heterocycles. The van der Waals surface area contributed by atoms with Gasteiger partial charge in [-0.05, 0) is 37.1 Å². The number of rotatable bonds is 3. The molecule has 176 valence electrons. The van der Waals surface area contributed by atoms with E-state index < -0.39 is 42.3 Å². The second kappa shape index (κ2) is 9.30. The molecule has 34 heavy (non-hydrogen) atoms. The van der Waals surface area contributed by atoms with Crippen LogP contribution in [0.1, 0.15) is 23.2 Å². The fourth-order valence-corrected chi connectivity index (χ4v) is 3.84. The molecule has 2 atom stereocenters. The van der Waals surface area contributed by atoms with Crippen LogP contribution >= 0.6 is 11.6 Å². The lowest BCUT2D eigenvalue weighted by Crippen LogP contribution is -2.56. The van der Waals surface area contributed by atoms with Gasteiger partial charge in [0.25, 0.3) is 11.8 Å². The zero-order valence-electron chi connectivity index (χ0n) is 17.4. The van der Waals surface area contributed by atoms with Crippen molar-refractivity contribution in [3.8, 4) is 11.3 Å². The molecule has 4 rings (SSSR count). The number of nitrogens with zero attached hydrogens (tertiary/aromatic N) is 1. The smallest absolute Gasteiger partial charge is 0.344 e. The number of fused-ring (bicyclic) bond motifs is 1. The van der Waals surface area contributed by atoms with E-state index in [2.05, 4.69) is 15.8 Å². The molecule has 1 aliphatic heterocycles. The number of halogens is 4. The van der Waals surface area contributed by atoms with Crippen molar-refractivity contribution >= 4 is 40.2 Å². The normalized spacial score (nSPS) is 18.3.